The molecule has 25 heavy (non-hydrogen) atoms. The standard InChI is InChI=1S/C20H27BrN2O2/c21-17-3-4-18(24)23(13-17)6-2-1-5-22-19(25)20-10-14-7-15(11-20)9-16(8-14)12-20/h3-4,13-16H,1-2,5-12H2,(H,22,25). The van der Waals surface area contributed by atoms with Crippen LogP contribution in [-0.2, 0) is 11.3 Å². The highest BCUT2D eigenvalue weighted by Gasteiger charge is 2.54. The molecule has 4 bridgehead atoms. The van der Waals surface area contributed by atoms with Crippen LogP contribution < -0.4 is 10.9 Å². The lowest BCUT2D eigenvalue weighted by molar-refractivity contribution is -0.146. The maximum Gasteiger partial charge on any atom is 0.250 e. The zero-order valence-electron chi connectivity index (χ0n) is 14.7. The molecule has 0 spiro atoms. The fraction of sp³-hybridized carbons (Fsp3) is 0.700. The van der Waals surface area contributed by atoms with Crippen molar-refractivity contribution in [1.29, 1.82) is 0 Å². The van der Waals surface area contributed by atoms with Crippen LogP contribution in [0.4, 0.5) is 0 Å². The maximum atomic E-state index is 12.9. The highest BCUT2D eigenvalue weighted by atomic mass is 79.9. The molecule has 0 unspecified atom stereocenters. The molecular weight excluding hydrogens is 380 g/mol. The largest absolute Gasteiger partial charge is 0.356 e. The Morgan fingerprint density at radius 2 is 1.76 bits per heavy atom. The van der Waals surface area contributed by atoms with Gasteiger partial charge in [-0.2, -0.15) is 0 Å². The summed E-state index contributed by atoms with van der Waals surface area (Å²) < 4.78 is 2.65. The molecule has 0 aromatic carbocycles. The zero-order chi connectivity index (χ0) is 17.4. The minimum Gasteiger partial charge on any atom is -0.356 e. The molecule has 4 aliphatic carbocycles. The number of nitrogens with one attached hydrogen (secondary N) is 1. The molecule has 4 fully saturated rings. The normalized spacial score (nSPS) is 32.8. The monoisotopic (exact) mass is 406 g/mol. The average Bonchev–Trinajstić information content (AvgIpc) is 2.56. The Hall–Kier alpha value is -1.10. The first-order chi connectivity index (χ1) is 12.0. The Kier molecular flexibility index (Phi) is 4.78. The molecular formula is C20H27BrN2O2. The highest BCUT2D eigenvalue weighted by Crippen LogP contribution is 2.60. The second-order valence-corrected chi connectivity index (χ2v) is 9.46. The van der Waals surface area contributed by atoms with Crippen LogP contribution in [0.5, 0.6) is 0 Å². The van der Waals surface area contributed by atoms with Gasteiger partial charge in [-0.1, -0.05) is 0 Å². The molecule has 1 N–H and O–H groups in total. The van der Waals surface area contributed by atoms with Gasteiger partial charge in [-0.15, -0.1) is 0 Å². The van der Waals surface area contributed by atoms with Crippen LogP contribution in [0.15, 0.2) is 27.6 Å². The number of rotatable bonds is 6. The Morgan fingerprint density at radius 3 is 2.40 bits per heavy atom. The van der Waals surface area contributed by atoms with Gasteiger partial charge in [0.2, 0.25) is 5.91 Å². The van der Waals surface area contributed by atoms with Gasteiger partial charge in [-0.25, -0.2) is 0 Å². The van der Waals surface area contributed by atoms with Crippen molar-refractivity contribution in [3.8, 4) is 0 Å². The topological polar surface area (TPSA) is 51.1 Å². The van der Waals surface area contributed by atoms with Gasteiger partial charge in [0.05, 0.1) is 0 Å². The van der Waals surface area contributed by atoms with Crippen LogP contribution in [-0.4, -0.2) is 17.0 Å². The lowest BCUT2D eigenvalue weighted by Crippen LogP contribution is -2.53. The van der Waals surface area contributed by atoms with Crippen molar-refractivity contribution in [2.75, 3.05) is 6.54 Å². The predicted octanol–water partition coefficient (Wildman–Crippen LogP) is 3.72. The van der Waals surface area contributed by atoms with Gasteiger partial charge in [0, 0.05) is 35.2 Å². The predicted molar refractivity (Wildman–Crippen MR) is 101 cm³/mol. The molecule has 1 aromatic rings. The van der Waals surface area contributed by atoms with Crippen molar-refractivity contribution in [2.45, 2.75) is 57.9 Å². The number of aromatic nitrogens is 1. The van der Waals surface area contributed by atoms with E-state index in [0.29, 0.717) is 12.5 Å². The van der Waals surface area contributed by atoms with E-state index in [-0.39, 0.29) is 11.0 Å². The molecule has 0 aliphatic heterocycles. The fourth-order valence-corrected chi connectivity index (χ4v) is 6.24. The molecule has 4 saturated carbocycles. The van der Waals surface area contributed by atoms with E-state index in [1.807, 2.05) is 6.20 Å². The number of carbonyl (C=O) groups is 1. The number of carbonyl (C=O) groups excluding carboxylic acids is 1. The first-order valence-electron chi connectivity index (χ1n) is 9.68. The Morgan fingerprint density at radius 1 is 1.12 bits per heavy atom. The third-order valence-electron chi connectivity index (χ3n) is 6.58. The van der Waals surface area contributed by atoms with Crippen molar-refractivity contribution >= 4 is 21.8 Å². The number of aryl methyl sites for hydroxylation is 1. The molecule has 5 heteroatoms. The molecule has 4 aliphatic rings. The van der Waals surface area contributed by atoms with Gasteiger partial charge in [0.25, 0.3) is 5.56 Å². The third kappa shape index (κ3) is 3.57. The van der Waals surface area contributed by atoms with Crippen molar-refractivity contribution in [1.82, 2.24) is 9.88 Å². The van der Waals surface area contributed by atoms with Gasteiger partial charge in [-0.3, -0.25) is 9.59 Å². The molecule has 4 nitrogen and oxygen atoms in total. The van der Waals surface area contributed by atoms with Crippen LogP contribution in [0.2, 0.25) is 0 Å². The van der Waals surface area contributed by atoms with Crippen LogP contribution in [0.25, 0.3) is 0 Å². The molecule has 1 aromatic heterocycles. The first-order valence-corrected chi connectivity index (χ1v) is 10.5. The number of pyridine rings is 1. The van der Waals surface area contributed by atoms with E-state index in [0.717, 1.165) is 60.9 Å². The van der Waals surface area contributed by atoms with Crippen LogP contribution >= 0.6 is 15.9 Å². The van der Waals surface area contributed by atoms with Crippen LogP contribution in [0.3, 0.4) is 0 Å². The van der Waals surface area contributed by atoms with Crippen LogP contribution in [0.1, 0.15) is 51.4 Å². The Bertz CT molecular complexity index is 677. The van der Waals surface area contributed by atoms with E-state index in [1.165, 1.54) is 19.3 Å². The Labute approximate surface area is 157 Å². The van der Waals surface area contributed by atoms with Crippen molar-refractivity contribution in [3.63, 3.8) is 0 Å². The summed E-state index contributed by atoms with van der Waals surface area (Å²) in [5.41, 5.74) is -0.0171. The second kappa shape index (κ2) is 6.90. The van der Waals surface area contributed by atoms with E-state index in [1.54, 1.807) is 16.7 Å². The molecule has 1 amide bonds. The van der Waals surface area contributed by atoms with Crippen LogP contribution in [0, 0.1) is 23.2 Å². The average molecular weight is 407 g/mol. The molecule has 1 heterocycles. The van der Waals surface area contributed by atoms with Crippen molar-refractivity contribution in [3.05, 3.63) is 33.2 Å². The number of nitrogens with zero attached hydrogens (tertiary/aromatic N) is 1. The molecule has 5 rings (SSSR count). The Balaban J connectivity index is 1.24. The zero-order valence-corrected chi connectivity index (χ0v) is 16.3. The van der Waals surface area contributed by atoms with E-state index >= 15 is 0 Å². The minimum atomic E-state index is -0.0457. The summed E-state index contributed by atoms with van der Waals surface area (Å²) in [7, 11) is 0. The van der Waals surface area contributed by atoms with E-state index in [2.05, 4.69) is 21.2 Å². The smallest absolute Gasteiger partial charge is 0.250 e. The number of unbranched alkanes of at least 4 members (excludes halogenated alkanes) is 1. The lowest BCUT2D eigenvalue weighted by Gasteiger charge is -2.55. The molecule has 0 saturated heterocycles. The van der Waals surface area contributed by atoms with Gasteiger partial charge in [0.15, 0.2) is 0 Å². The lowest BCUT2D eigenvalue weighted by atomic mass is 9.49. The summed E-state index contributed by atoms with van der Waals surface area (Å²) in [5, 5.41) is 3.22. The summed E-state index contributed by atoms with van der Waals surface area (Å²) in [6.07, 6.45) is 11.1. The number of hydrogen-bond donors (Lipinski definition) is 1. The first kappa shape index (κ1) is 17.3. The third-order valence-corrected chi connectivity index (χ3v) is 7.05. The summed E-state index contributed by atoms with van der Waals surface area (Å²) in [6, 6.07) is 3.35. The second-order valence-electron chi connectivity index (χ2n) is 8.54. The van der Waals surface area contributed by atoms with Gasteiger partial charge >= 0.3 is 0 Å². The fourth-order valence-electron chi connectivity index (χ4n) is 5.86. The summed E-state index contributed by atoms with van der Waals surface area (Å²) >= 11 is 3.40. The van der Waals surface area contributed by atoms with E-state index < -0.39 is 0 Å². The quantitative estimate of drug-likeness (QED) is 0.731. The molecule has 0 radical (unpaired) electrons. The van der Waals surface area contributed by atoms with Gasteiger partial charge < -0.3 is 9.88 Å². The van der Waals surface area contributed by atoms with Crippen molar-refractivity contribution < 1.29 is 4.79 Å². The van der Waals surface area contributed by atoms with Gasteiger partial charge in [0.1, 0.15) is 0 Å². The SMILES string of the molecule is O=C(NCCCCn1cc(Br)ccc1=O)C12CC3CC(CC(C3)C1)C2. The maximum absolute atomic E-state index is 12.9. The summed E-state index contributed by atoms with van der Waals surface area (Å²) in [4.78, 5) is 24.6. The van der Waals surface area contributed by atoms with E-state index in [4.69, 9.17) is 0 Å². The molecule has 136 valence electrons. The summed E-state index contributed by atoms with van der Waals surface area (Å²) in [5.74, 6) is 2.73. The van der Waals surface area contributed by atoms with Gasteiger partial charge in [-0.05, 0) is 91.1 Å². The molecule has 0 atom stereocenters. The number of amides is 1. The number of hydrogen-bond acceptors (Lipinski definition) is 2. The minimum absolute atomic E-state index is 0.0285. The highest BCUT2D eigenvalue weighted by molar-refractivity contribution is 9.10. The van der Waals surface area contributed by atoms with Crippen molar-refractivity contribution in [2.24, 2.45) is 23.2 Å². The summed E-state index contributed by atoms with van der Waals surface area (Å²) in [6.45, 7) is 1.43. The van der Waals surface area contributed by atoms with E-state index in [9.17, 15) is 9.59 Å². The number of halogens is 1.